The lowest BCUT2D eigenvalue weighted by Crippen LogP contribution is -2.08. The summed E-state index contributed by atoms with van der Waals surface area (Å²) in [5.74, 6) is 2.02. The van der Waals surface area contributed by atoms with Crippen molar-refractivity contribution in [3.05, 3.63) is 43.0 Å². The molecule has 0 atom stereocenters. The highest BCUT2D eigenvalue weighted by atomic mass is 16.5. The van der Waals surface area contributed by atoms with Crippen LogP contribution in [0.2, 0.25) is 0 Å². The van der Waals surface area contributed by atoms with Crippen LogP contribution in [0.3, 0.4) is 0 Å². The van der Waals surface area contributed by atoms with Crippen molar-refractivity contribution in [3.8, 4) is 17.0 Å². The second-order valence-corrected chi connectivity index (χ2v) is 6.58. The number of benzene rings is 1. The highest BCUT2D eigenvalue weighted by Gasteiger charge is 2.21. The van der Waals surface area contributed by atoms with Gasteiger partial charge in [-0.05, 0) is 42.5 Å². The molecule has 0 bridgehead atoms. The van der Waals surface area contributed by atoms with Gasteiger partial charge in [0.15, 0.2) is 0 Å². The third kappa shape index (κ3) is 2.61. The smallest absolute Gasteiger partial charge is 0.241 e. The topological polar surface area (TPSA) is 77.2 Å². The lowest BCUT2D eigenvalue weighted by molar-refractivity contribution is 0.402. The molecule has 7 nitrogen and oxygen atoms in total. The van der Waals surface area contributed by atoms with Crippen molar-refractivity contribution in [2.75, 3.05) is 19.0 Å². The molecule has 1 aliphatic rings. The fourth-order valence-electron chi connectivity index (χ4n) is 3.15. The summed E-state index contributed by atoms with van der Waals surface area (Å²) < 4.78 is 7.23. The molecule has 3 heterocycles. The van der Waals surface area contributed by atoms with Gasteiger partial charge in [-0.3, -0.25) is 0 Å². The Balaban J connectivity index is 1.54. The minimum atomic E-state index is 0.572. The van der Waals surface area contributed by atoms with E-state index < -0.39 is 0 Å². The van der Waals surface area contributed by atoms with Crippen molar-refractivity contribution in [1.29, 1.82) is 0 Å². The van der Waals surface area contributed by atoms with E-state index in [1.165, 1.54) is 19.2 Å². The van der Waals surface area contributed by atoms with Crippen LogP contribution >= 0.6 is 0 Å². The van der Waals surface area contributed by atoms with Crippen LogP contribution in [0.5, 0.6) is 5.88 Å². The fraction of sp³-hybridized carbons (Fsp3) is 0.263. The third-order valence-electron chi connectivity index (χ3n) is 4.77. The minimum absolute atomic E-state index is 0.572. The Kier molecular flexibility index (Phi) is 3.44. The number of nitrogens with zero attached hydrogens (tertiary/aromatic N) is 5. The Bertz CT molecular complexity index is 1100. The van der Waals surface area contributed by atoms with Crippen molar-refractivity contribution in [2.45, 2.75) is 12.8 Å². The molecule has 0 spiro atoms. The van der Waals surface area contributed by atoms with Crippen molar-refractivity contribution in [1.82, 2.24) is 24.6 Å². The standard InChI is InChI=1S/C19H18N6O/c1-26-18-15-8-13(4-5-16(15)22-11-23-18)14-6-7-25-17(14)10-21-19(24-25)20-9-12-2-3-12/h4-8,10-12H,2-3,9H2,1H3,(H,20,24). The average molecular weight is 346 g/mol. The SMILES string of the molecule is COc1ncnc2ccc(-c3ccn4nc(NCC5CC5)ncc34)cc12. The first-order valence-corrected chi connectivity index (χ1v) is 8.69. The van der Waals surface area contributed by atoms with Gasteiger partial charge in [-0.2, -0.15) is 0 Å². The minimum Gasteiger partial charge on any atom is -0.480 e. The Morgan fingerprint density at radius 1 is 1.19 bits per heavy atom. The zero-order valence-corrected chi connectivity index (χ0v) is 14.4. The molecule has 5 rings (SSSR count). The van der Waals surface area contributed by atoms with Crippen molar-refractivity contribution in [2.24, 2.45) is 5.92 Å². The second kappa shape index (κ2) is 5.94. The number of fused-ring (bicyclic) bond motifs is 2. The van der Waals surface area contributed by atoms with Gasteiger partial charge < -0.3 is 10.1 Å². The molecule has 7 heteroatoms. The number of nitrogens with one attached hydrogen (secondary N) is 1. The van der Waals surface area contributed by atoms with Crippen LogP contribution in [-0.4, -0.2) is 38.2 Å². The van der Waals surface area contributed by atoms with E-state index in [9.17, 15) is 0 Å². The molecule has 130 valence electrons. The van der Waals surface area contributed by atoms with Crippen LogP contribution in [0.25, 0.3) is 27.5 Å². The molecular weight excluding hydrogens is 328 g/mol. The lowest BCUT2D eigenvalue weighted by Gasteiger charge is -2.07. The van der Waals surface area contributed by atoms with Crippen LogP contribution in [0, 0.1) is 5.92 Å². The summed E-state index contributed by atoms with van der Waals surface area (Å²) in [5.41, 5.74) is 3.92. The maximum Gasteiger partial charge on any atom is 0.241 e. The summed E-state index contributed by atoms with van der Waals surface area (Å²) in [7, 11) is 1.62. The fourth-order valence-corrected chi connectivity index (χ4v) is 3.15. The highest BCUT2D eigenvalue weighted by Crippen LogP contribution is 2.31. The van der Waals surface area contributed by atoms with E-state index in [0.29, 0.717) is 11.8 Å². The van der Waals surface area contributed by atoms with E-state index in [1.54, 1.807) is 7.11 Å². The van der Waals surface area contributed by atoms with E-state index in [1.807, 2.05) is 41.2 Å². The monoisotopic (exact) mass is 346 g/mol. The van der Waals surface area contributed by atoms with Crippen LogP contribution in [0.4, 0.5) is 5.95 Å². The molecule has 0 radical (unpaired) electrons. The predicted molar refractivity (Wildman–Crippen MR) is 99.3 cm³/mol. The molecule has 1 fully saturated rings. The molecule has 26 heavy (non-hydrogen) atoms. The molecule has 1 N–H and O–H groups in total. The van der Waals surface area contributed by atoms with Gasteiger partial charge in [0.25, 0.3) is 0 Å². The van der Waals surface area contributed by atoms with Crippen molar-refractivity contribution >= 4 is 22.4 Å². The van der Waals surface area contributed by atoms with E-state index in [2.05, 4.69) is 25.4 Å². The number of methoxy groups -OCH3 is 1. The summed E-state index contributed by atoms with van der Waals surface area (Å²) >= 11 is 0. The van der Waals surface area contributed by atoms with Crippen LogP contribution in [-0.2, 0) is 0 Å². The Morgan fingerprint density at radius 3 is 2.96 bits per heavy atom. The Labute approximate surface area is 150 Å². The third-order valence-corrected chi connectivity index (χ3v) is 4.77. The van der Waals surface area contributed by atoms with Crippen molar-refractivity contribution in [3.63, 3.8) is 0 Å². The highest BCUT2D eigenvalue weighted by molar-refractivity contribution is 5.91. The van der Waals surface area contributed by atoms with Crippen molar-refractivity contribution < 1.29 is 4.74 Å². The molecule has 4 aromatic rings. The number of anilines is 1. The summed E-state index contributed by atoms with van der Waals surface area (Å²) in [6.45, 7) is 0.949. The summed E-state index contributed by atoms with van der Waals surface area (Å²) in [4.78, 5) is 13.0. The van der Waals surface area contributed by atoms with E-state index in [0.717, 1.165) is 40.0 Å². The first kappa shape index (κ1) is 15.1. The largest absolute Gasteiger partial charge is 0.480 e. The molecule has 0 unspecified atom stereocenters. The van der Waals surface area contributed by atoms with Gasteiger partial charge in [0, 0.05) is 18.3 Å². The molecule has 3 aromatic heterocycles. The maximum absolute atomic E-state index is 5.37. The quantitative estimate of drug-likeness (QED) is 0.598. The number of rotatable bonds is 5. The second-order valence-electron chi connectivity index (χ2n) is 6.58. The van der Waals surface area contributed by atoms with Gasteiger partial charge in [0.05, 0.1) is 29.7 Å². The number of aromatic nitrogens is 5. The van der Waals surface area contributed by atoms with Crippen LogP contribution in [0.15, 0.2) is 43.0 Å². The number of hydrogen-bond donors (Lipinski definition) is 1. The first-order valence-electron chi connectivity index (χ1n) is 8.69. The molecule has 0 amide bonds. The van der Waals surface area contributed by atoms with Gasteiger partial charge >= 0.3 is 0 Å². The zero-order chi connectivity index (χ0) is 17.5. The normalized spacial score (nSPS) is 14.0. The van der Waals surface area contributed by atoms with E-state index in [-0.39, 0.29) is 0 Å². The zero-order valence-electron chi connectivity index (χ0n) is 14.4. The summed E-state index contributed by atoms with van der Waals surface area (Å²) in [5, 5.41) is 8.76. The average Bonchev–Trinajstić information content (AvgIpc) is 3.43. The molecule has 0 saturated heterocycles. The molecule has 1 aromatic carbocycles. The molecule has 1 saturated carbocycles. The molecule has 1 aliphatic carbocycles. The summed E-state index contributed by atoms with van der Waals surface area (Å²) in [6, 6.07) is 8.11. The number of hydrogen-bond acceptors (Lipinski definition) is 6. The lowest BCUT2D eigenvalue weighted by atomic mass is 10.1. The predicted octanol–water partition coefficient (Wildman–Crippen LogP) is 3.17. The Morgan fingerprint density at radius 2 is 2.12 bits per heavy atom. The van der Waals surface area contributed by atoms with Crippen LogP contribution in [0.1, 0.15) is 12.8 Å². The van der Waals surface area contributed by atoms with Gasteiger partial charge in [-0.15, -0.1) is 5.10 Å². The maximum atomic E-state index is 5.37. The van der Waals surface area contributed by atoms with E-state index in [4.69, 9.17) is 4.74 Å². The Hall–Kier alpha value is -3.22. The number of ether oxygens (including phenoxy) is 1. The molecular formula is C19H18N6O. The molecule has 0 aliphatic heterocycles. The first-order chi connectivity index (χ1) is 12.8. The van der Waals surface area contributed by atoms with Gasteiger partial charge in [0.1, 0.15) is 6.33 Å². The van der Waals surface area contributed by atoms with Gasteiger partial charge in [0.2, 0.25) is 11.8 Å². The van der Waals surface area contributed by atoms with Gasteiger partial charge in [-0.25, -0.2) is 19.5 Å². The van der Waals surface area contributed by atoms with E-state index >= 15 is 0 Å². The summed E-state index contributed by atoms with van der Waals surface area (Å²) in [6.07, 6.45) is 7.94. The van der Waals surface area contributed by atoms with Crippen LogP contribution < -0.4 is 10.1 Å². The van der Waals surface area contributed by atoms with Gasteiger partial charge in [-0.1, -0.05) is 6.07 Å².